The van der Waals surface area contributed by atoms with Crippen LogP contribution in [0, 0.1) is 11.9 Å². The fourth-order valence-corrected chi connectivity index (χ4v) is 3.84. The number of thiazole rings is 1. The Balaban J connectivity index is 1.74. The number of pyridine rings is 1. The van der Waals surface area contributed by atoms with Crippen LogP contribution in [-0.2, 0) is 16.9 Å². The van der Waals surface area contributed by atoms with Gasteiger partial charge in [0.1, 0.15) is 11.3 Å². The molecule has 1 amide bonds. The van der Waals surface area contributed by atoms with Crippen LogP contribution >= 0.6 is 11.3 Å². The van der Waals surface area contributed by atoms with Crippen molar-refractivity contribution in [2.75, 3.05) is 5.32 Å². The molecule has 0 unspecified atom stereocenters. The summed E-state index contributed by atoms with van der Waals surface area (Å²) in [7, 11) is 0. The van der Waals surface area contributed by atoms with Gasteiger partial charge in [-0.15, -0.1) is 11.3 Å². The summed E-state index contributed by atoms with van der Waals surface area (Å²) in [6, 6.07) is 5.59. The monoisotopic (exact) mass is 420 g/mol. The van der Waals surface area contributed by atoms with Gasteiger partial charge in [-0.2, -0.15) is 13.8 Å². The summed E-state index contributed by atoms with van der Waals surface area (Å²) in [6.07, 6.45) is 1.70. The predicted octanol–water partition coefficient (Wildman–Crippen LogP) is 4.58. The lowest BCUT2D eigenvalue weighted by molar-refractivity contribution is -0.0623. The van der Waals surface area contributed by atoms with E-state index in [1.165, 1.54) is 11.3 Å². The molecule has 0 spiro atoms. The molecular weight excluding hydrogens is 398 g/mol. The molecule has 6 nitrogen and oxygen atoms in total. The summed E-state index contributed by atoms with van der Waals surface area (Å²) >= 11 is 1.30. The molecule has 1 N–H and O–H groups in total. The molecule has 9 heteroatoms. The largest absolute Gasteiger partial charge is 0.367 e. The number of carbonyl (C=O) groups excluding carboxylic acids is 1. The summed E-state index contributed by atoms with van der Waals surface area (Å²) in [5, 5.41) is 5.06. The fourth-order valence-electron chi connectivity index (χ4n) is 2.98. The average Bonchev–Trinajstić information content (AvgIpc) is 3.22. The van der Waals surface area contributed by atoms with Gasteiger partial charge < -0.3 is 9.30 Å². The van der Waals surface area contributed by atoms with Crippen LogP contribution in [0.1, 0.15) is 49.4 Å². The van der Waals surface area contributed by atoms with Crippen molar-refractivity contribution < 1.29 is 18.3 Å². The van der Waals surface area contributed by atoms with E-state index in [-0.39, 0.29) is 18.6 Å². The van der Waals surface area contributed by atoms with E-state index < -0.39 is 17.5 Å². The van der Waals surface area contributed by atoms with Gasteiger partial charge in [0.05, 0.1) is 11.8 Å². The van der Waals surface area contributed by atoms with Crippen molar-refractivity contribution in [3.63, 3.8) is 0 Å². The van der Waals surface area contributed by atoms with E-state index in [4.69, 9.17) is 4.74 Å². The Morgan fingerprint density at radius 2 is 1.97 bits per heavy atom. The van der Waals surface area contributed by atoms with Crippen molar-refractivity contribution in [2.24, 2.45) is 0 Å². The average molecular weight is 420 g/mol. The van der Waals surface area contributed by atoms with Gasteiger partial charge in [-0.05, 0) is 57.5 Å². The van der Waals surface area contributed by atoms with Gasteiger partial charge in [-0.3, -0.25) is 10.1 Å². The molecule has 0 radical (unpaired) electrons. The first-order valence-electron chi connectivity index (χ1n) is 9.06. The van der Waals surface area contributed by atoms with Gasteiger partial charge in [-0.1, -0.05) is 0 Å². The molecule has 0 fully saturated rings. The normalized spacial score (nSPS) is 11.8. The van der Waals surface area contributed by atoms with E-state index in [0.29, 0.717) is 16.4 Å². The summed E-state index contributed by atoms with van der Waals surface area (Å²) in [4.78, 5) is 20.2. The molecule has 3 aromatic rings. The van der Waals surface area contributed by atoms with E-state index in [0.717, 1.165) is 17.8 Å². The Labute approximate surface area is 171 Å². The molecule has 0 bridgehead atoms. The van der Waals surface area contributed by atoms with Crippen molar-refractivity contribution >= 4 is 22.4 Å². The number of halogens is 2. The Morgan fingerprint density at radius 1 is 1.28 bits per heavy atom. The number of rotatable bonds is 7. The minimum Gasteiger partial charge on any atom is -0.367 e. The summed E-state index contributed by atoms with van der Waals surface area (Å²) in [5.41, 5.74) is 0.856. The zero-order valence-corrected chi connectivity index (χ0v) is 17.4. The van der Waals surface area contributed by atoms with Crippen LogP contribution in [0.25, 0.3) is 0 Å². The number of carbonyl (C=O) groups is 1. The van der Waals surface area contributed by atoms with Crippen molar-refractivity contribution in [2.45, 2.75) is 45.9 Å². The fraction of sp³-hybridized carbons (Fsp3) is 0.350. The van der Waals surface area contributed by atoms with Gasteiger partial charge in [0.25, 0.3) is 5.91 Å². The third-order valence-corrected chi connectivity index (χ3v) is 4.87. The predicted molar refractivity (Wildman–Crippen MR) is 107 cm³/mol. The maximum absolute atomic E-state index is 13.3. The Kier molecular flexibility index (Phi) is 6.09. The molecule has 3 heterocycles. The second-order valence-corrected chi connectivity index (χ2v) is 8.17. The lowest BCUT2D eigenvalue weighted by atomic mass is 10.1. The van der Waals surface area contributed by atoms with E-state index in [9.17, 15) is 13.6 Å². The van der Waals surface area contributed by atoms with E-state index >= 15 is 0 Å². The highest BCUT2D eigenvalue weighted by Gasteiger charge is 2.26. The highest BCUT2D eigenvalue weighted by atomic mass is 32.1. The Hall–Kier alpha value is -2.65. The van der Waals surface area contributed by atoms with Crippen molar-refractivity contribution in [1.82, 2.24) is 14.5 Å². The van der Waals surface area contributed by atoms with Crippen LogP contribution in [0.15, 0.2) is 35.8 Å². The van der Waals surface area contributed by atoms with Crippen LogP contribution in [0.3, 0.4) is 0 Å². The highest BCUT2D eigenvalue weighted by molar-refractivity contribution is 7.14. The lowest BCUT2D eigenvalue weighted by Crippen LogP contribution is -2.26. The molecule has 154 valence electrons. The number of nitrogens with one attached hydrogen (secondary N) is 1. The quantitative estimate of drug-likeness (QED) is 0.568. The number of hydrogen-bond acceptors (Lipinski definition) is 5. The van der Waals surface area contributed by atoms with Gasteiger partial charge in [0, 0.05) is 18.1 Å². The van der Waals surface area contributed by atoms with Gasteiger partial charge in [0.2, 0.25) is 11.9 Å². The summed E-state index contributed by atoms with van der Waals surface area (Å²) in [6.45, 7) is 7.87. The number of aromatic nitrogens is 3. The summed E-state index contributed by atoms with van der Waals surface area (Å²) in [5.74, 6) is -2.17. The first-order valence-corrected chi connectivity index (χ1v) is 9.94. The van der Waals surface area contributed by atoms with Crippen LogP contribution < -0.4 is 5.32 Å². The van der Waals surface area contributed by atoms with Crippen LogP contribution in [0.5, 0.6) is 0 Å². The van der Waals surface area contributed by atoms with Crippen LogP contribution in [0.2, 0.25) is 0 Å². The third-order valence-electron chi connectivity index (χ3n) is 4.11. The van der Waals surface area contributed by atoms with Crippen molar-refractivity contribution in [1.29, 1.82) is 0 Å². The van der Waals surface area contributed by atoms with E-state index in [2.05, 4.69) is 15.3 Å². The summed E-state index contributed by atoms with van der Waals surface area (Å²) < 4.78 is 34.1. The first kappa shape index (κ1) is 21.1. The molecule has 0 saturated carbocycles. The zero-order valence-electron chi connectivity index (χ0n) is 16.6. The second-order valence-electron chi connectivity index (χ2n) is 7.31. The molecule has 29 heavy (non-hydrogen) atoms. The molecule has 3 aromatic heterocycles. The molecule has 0 aliphatic rings. The van der Waals surface area contributed by atoms with Gasteiger partial charge >= 0.3 is 0 Å². The molecular formula is C20H22F2N4O2S. The number of nitrogens with zero attached hydrogens (tertiary/aromatic N) is 3. The van der Waals surface area contributed by atoms with Gasteiger partial charge in [0.15, 0.2) is 5.13 Å². The molecule has 0 aromatic carbocycles. The standard InChI is InChI=1S/C20H22F2N4O2S/c1-12(2)28-20(3,4)15-11-29-19(23-15)25-18(27)14-6-5-7-26(14)10-13-8-16(21)24-17(22)9-13/h5-9,11-12H,10H2,1-4H3,(H,23,25,27). The lowest BCUT2D eigenvalue weighted by Gasteiger charge is -2.25. The minimum absolute atomic E-state index is 0.0379. The Morgan fingerprint density at radius 3 is 2.62 bits per heavy atom. The number of hydrogen-bond donors (Lipinski definition) is 1. The topological polar surface area (TPSA) is 69.0 Å². The molecule has 0 atom stereocenters. The number of anilines is 1. The maximum Gasteiger partial charge on any atom is 0.274 e. The smallest absolute Gasteiger partial charge is 0.274 e. The van der Waals surface area contributed by atoms with Crippen LogP contribution in [-0.4, -0.2) is 26.5 Å². The number of amides is 1. The maximum atomic E-state index is 13.3. The van der Waals surface area contributed by atoms with Crippen molar-refractivity contribution in [3.05, 3.63) is 64.7 Å². The second kappa shape index (κ2) is 8.38. The van der Waals surface area contributed by atoms with Gasteiger partial charge in [-0.25, -0.2) is 4.98 Å². The van der Waals surface area contributed by atoms with E-state index in [1.807, 2.05) is 33.1 Å². The Bertz CT molecular complexity index is 993. The van der Waals surface area contributed by atoms with Crippen LogP contribution in [0.4, 0.5) is 13.9 Å². The minimum atomic E-state index is -0.903. The van der Waals surface area contributed by atoms with E-state index in [1.54, 1.807) is 22.9 Å². The first-order chi connectivity index (χ1) is 13.6. The number of ether oxygens (including phenoxy) is 1. The molecule has 0 aliphatic heterocycles. The highest BCUT2D eigenvalue weighted by Crippen LogP contribution is 2.29. The third kappa shape index (κ3) is 5.24. The van der Waals surface area contributed by atoms with Crippen molar-refractivity contribution in [3.8, 4) is 0 Å². The SMILES string of the molecule is CC(C)OC(C)(C)c1csc(NC(=O)c2cccn2Cc2cc(F)nc(F)c2)n1. The zero-order chi connectivity index (χ0) is 21.2. The molecule has 0 aliphatic carbocycles. The molecule has 3 rings (SSSR count). The molecule has 0 saturated heterocycles.